The highest BCUT2D eigenvalue weighted by molar-refractivity contribution is 5.96. The van der Waals surface area contributed by atoms with Crippen LogP contribution in [-0.4, -0.2) is 36.6 Å². The lowest BCUT2D eigenvalue weighted by molar-refractivity contribution is -0.153. The van der Waals surface area contributed by atoms with E-state index in [0.717, 1.165) is 0 Å². The van der Waals surface area contributed by atoms with E-state index in [1.165, 1.54) is 0 Å². The van der Waals surface area contributed by atoms with Crippen LogP contribution in [-0.2, 0) is 14.3 Å². The summed E-state index contributed by atoms with van der Waals surface area (Å²) in [7, 11) is 1.67. The summed E-state index contributed by atoms with van der Waals surface area (Å²) in [5.41, 5.74) is 5.27. The van der Waals surface area contributed by atoms with Crippen LogP contribution in [0.5, 0.6) is 0 Å². The van der Waals surface area contributed by atoms with Gasteiger partial charge in [-0.25, -0.2) is 4.79 Å². The van der Waals surface area contributed by atoms with Gasteiger partial charge in [-0.3, -0.25) is 9.69 Å². The van der Waals surface area contributed by atoms with Gasteiger partial charge in [0, 0.05) is 6.67 Å². The maximum Gasteiger partial charge on any atom is 0.331 e. The fraction of sp³-hybridized carbons (Fsp3) is 0.667. The van der Waals surface area contributed by atoms with Gasteiger partial charge in [-0.2, -0.15) is 0 Å². The lowest BCUT2D eigenvalue weighted by Crippen LogP contribution is -2.38. The minimum absolute atomic E-state index is 0.118. The maximum atomic E-state index is 10.8. The van der Waals surface area contributed by atoms with Crippen molar-refractivity contribution in [3.8, 4) is 0 Å². The monoisotopic (exact) mass is 158 g/mol. The van der Waals surface area contributed by atoms with Crippen LogP contribution in [0.2, 0.25) is 0 Å². The van der Waals surface area contributed by atoms with Crippen LogP contribution >= 0.6 is 0 Å². The summed E-state index contributed by atoms with van der Waals surface area (Å²) in [6.07, 6.45) is 0.118. The van der Waals surface area contributed by atoms with Gasteiger partial charge in [0.2, 0.25) is 0 Å². The third-order valence-corrected chi connectivity index (χ3v) is 1.67. The van der Waals surface area contributed by atoms with Gasteiger partial charge in [-0.15, -0.1) is 0 Å². The van der Waals surface area contributed by atoms with E-state index in [-0.39, 0.29) is 13.1 Å². The molecule has 1 heterocycles. The van der Waals surface area contributed by atoms with E-state index in [1.807, 2.05) is 0 Å². The molecule has 1 saturated heterocycles. The van der Waals surface area contributed by atoms with Crippen molar-refractivity contribution in [1.29, 1.82) is 0 Å². The molecule has 62 valence electrons. The number of nitrogens with zero attached hydrogens (tertiary/aromatic N) is 1. The molecule has 1 aliphatic rings. The molecule has 0 aromatic heterocycles. The molecule has 5 heteroatoms. The SMILES string of the molecule is CN(CN)C1CC(=O)OC1=O. The summed E-state index contributed by atoms with van der Waals surface area (Å²) in [5, 5.41) is 0. The Kier molecular flexibility index (Phi) is 2.21. The summed E-state index contributed by atoms with van der Waals surface area (Å²) in [4.78, 5) is 23.0. The summed E-state index contributed by atoms with van der Waals surface area (Å²) in [6, 6.07) is -0.479. The number of esters is 2. The Morgan fingerprint density at radius 1 is 1.73 bits per heavy atom. The van der Waals surface area contributed by atoms with Crippen LogP contribution in [0.3, 0.4) is 0 Å². The average Bonchev–Trinajstić information content (AvgIpc) is 2.28. The molecule has 0 aliphatic carbocycles. The first kappa shape index (κ1) is 8.16. The molecule has 0 aromatic rings. The third-order valence-electron chi connectivity index (χ3n) is 1.67. The average molecular weight is 158 g/mol. The Morgan fingerprint density at radius 3 is 2.73 bits per heavy atom. The number of likely N-dealkylation sites (N-methyl/N-ethyl adjacent to an activating group) is 1. The Morgan fingerprint density at radius 2 is 2.36 bits per heavy atom. The topological polar surface area (TPSA) is 72.6 Å². The van der Waals surface area contributed by atoms with Crippen molar-refractivity contribution < 1.29 is 14.3 Å². The molecule has 1 unspecified atom stereocenters. The minimum Gasteiger partial charge on any atom is -0.392 e. The summed E-state index contributed by atoms with van der Waals surface area (Å²) >= 11 is 0. The van der Waals surface area contributed by atoms with Gasteiger partial charge in [-0.05, 0) is 7.05 Å². The van der Waals surface area contributed by atoms with Gasteiger partial charge in [-0.1, -0.05) is 0 Å². The molecule has 1 rings (SSSR count). The van der Waals surface area contributed by atoms with Crippen molar-refractivity contribution in [1.82, 2.24) is 4.90 Å². The number of hydrogen-bond acceptors (Lipinski definition) is 5. The van der Waals surface area contributed by atoms with Gasteiger partial charge < -0.3 is 10.5 Å². The number of cyclic esters (lactones) is 2. The molecule has 0 saturated carbocycles. The first-order valence-corrected chi connectivity index (χ1v) is 3.30. The first-order chi connectivity index (χ1) is 5.15. The molecule has 2 N–H and O–H groups in total. The highest BCUT2D eigenvalue weighted by Crippen LogP contribution is 2.12. The zero-order valence-corrected chi connectivity index (χ0v) is 6.24. The highest BCUT2D eigenvalue weighted by Gasteiger charge is 2.35. The first-order valence-electron chi connectivity index (χ1n) is 3.30. The van der Waals surface area contributed by atoms with Crippen molar-refractivity contribution in [2.75, 3.05) is 13.7 Å². The molecule has 0 aromatic carbocycles. The number of hydrogen-bond donors (Lipinski definition) is 1. The number of nitrogens with two attached hydrogens (primary N) is 1. The zero-order chi connectivity index (χ0) is 8.43. The van der Waals surface area contributed by atoms with Gasteiger partial charge >= 0.3 is 11.9 Å². The largest absolute Gasteiger partial charge is 0.392 e. The van der Waals surface area contributed by atoms with Crippen molar-refractivity contribution in [2.45, 2.75) is 12.5 Å². The molecule has 0 radical (unpaired) electrons. The number of ether oxygens (including phenoxy) is 1. The minimum atomic E-state index is -0.497. The van der Waals surface area contributed by atoms with Crippen molar-refractivity contribution in [3.63, 3.8) is 0 Å². The smallest absolute Gasteiger partial charge is 0.331 e. The van der Waals surface area contributed by atoms with Crippen molar-refractivity contribution in [2.24, 2.45) is 5.73 Å². The Bertz CT molecular complexity index is 192. The van der Waals surface area contributed by atoms with Crippen LogP contribution in [0, 0.1) is 0 Å². The number of carbonyl (C=O) groups excluding carboxylic acids is 2. The van der Waals surface area contributed by atoms with E-state index < -0.39 is 18.0 Å². The highest BCUT2D eigenvalue weighted by atomic mass is 16.6. The molecular formula is C6H10N2O3. The van der Waals surface area contributed by atoms with E-state index >= 15 is 0 Å². The Labute approximate surface area is 64.1 Å². The normalized spacial score (nSPS) is 24.5. The number of rotatable bonds is 2. The quantitative estimate of drug-likeness (QED) is 0.306. The molecular weight excluding hydrogens is 148 g/mol. The molecule has 0 spiro atoms. The zero-order valence-electron chi connectivity index (χ0n) is 6.24. The number of carbonyl (C=O) groups is 2. The second-order valence-electron chi connectivity index (χ2n) is 2.45. The summed E-state index contributed by atoms with van der Waals surface area (Å²) in [5.74, 6) is -0.969. The third kappa shape index (κ3) is 1.55. The predicted molar refractivity (Wildman–Crippen MR) is 36.3 cm³/mol. The van der Waals surface area contributed by atoms with Crippen LogP contribution < -0.4 is 5.73 Å². The molecule has 0 bridgehead atoms. The molecule has 1 aliphatic heterocycles. The fourth-order valence-corrected chi connectivity index (χ4v) is 0.926. The second kappa shape index (κ2) is 2.98. The summed E-state index contributed by atoms with van der Waals surface area (Å²) < 4.78 is 4.32. The summed E-state index contributed by atoms with van der Waals surface area (Å²) in [6.45, 7) is 0.243. The van der Waals surface area contributed by atoms with Crippen molar-refractivity contribution in [3.05, 3.63) is 0 Å². The molecule has 1 atom stereocenters. The Balaban J connectivity index is 2.59. The maximum absolute atomic E-state index is 10.8. The molecule has 0 amide bonds. The molecule has 5 nitrogen and oxygen atoms in total. The van der Waals surface area contributed by atoms with Crippen molar-refractivity contribution >= 4 is 11.9 Å². The Hall–Kier alpha value is -0.940. The lowest BCUT2D eigenvalue weighted by atomic mass is 10.2. The fourth-order valence-electron chi connectivity index (χ4n) is 0.926. The van der Waals surface area contributed by atoms with Crippen LogP contribution in [0.4, 0.5) is 0 Å². The second-order valence-corrected chi connectivity index (χ2v) is 2.45. The molecule has 1 fully saturated rings. The standard InChI is InChI=1S/C6H10N2O3/c1-8(3-7)4-2-5(9)11-6(4)10/h4H,2-3,7H2,1H3. The van der Waals surface area contributed by atoms with E-state index in [4.69, 9.17) is 5.73 Å². The van der Waals surface area contributed by atoms with E-state index in [9.17, 15) is 9.59 Å². The van der Waals surface area contributed by atoms with Gasteiger partial charge in [0.15, 0.2) is 0 Å². The lowest BCUT2D eigenvalue weighted by Gasteiger charge is -2.16. The van der Waals surface area contributed by atoms with E-state index in [2.05, 4.69) is 4.74 Å². The van der Waals surface area contributed by atoms with Gasteiger partial charge in [0.25, 0.3) is 0 Å². The van der Waals surface area contributed by atoms with Gasteiger partial charge in [0.1, 0.15) is 6.04 Å². The van der Waals surface area contributed by atoms with Gasteiger partial charge in [0.05, 0.1) is 6.42 Å². The van der Waals surface area contributed by atoms with Crippen LogP contribution in [0.15, 0.2) is 0 Å². The molecule has 11 heavy (non-hydrogen) atoms. The van der Waals surface area contributed by atoms with Crippen LogP contribution in [0.1, 0.15) is 6.42 Å². The predicted octanol–water partition coefficient (Wildman–Crippen LogP) is -1.32. The van der Waals surface area contributed by atoms with E-state index in [0.29, 0.717) is 0 Å². The van der Waals surface area contributed by atoms with Crippen LogP contribution in [0.25, 0.3) is 0 Å². The van der Waals surface area contributed by atoms with E-state index in [1.54, 1.807) is 11.9 Å².